The monoisotopic (exact) mass is 516 g/mol. The molecule has 2 aromatic carbocycles. The van der Waals surface area contributed by atoms with Crippen molar-refractivity contribution in [2.75, 3.05) is 26.2 Å². The molecule has 2 heterocycles. The molecular weight excluding hydrogens is 472 g/mol. The summed E-state index contributed by atoms with van der Waals surface area (Å²) in [6.07, 6.45) is 15.7. The van der Waals surface area contributed by atoms with Crippen molar-refractivity contribution in [1.82, 2.24) is 9.80 Å². The van der Waals surface area contributed by atoms with Gasteiger partial charge in [0.25, 0.3) is 0 Å². The Balaban J connectivity index is 1.04. The molecule has 6 rings (SSSR count). The van der Waals surface area contributed by atoms with Crippen molar-refractivity contribution in [2.45, 2.75) is 101 Å². The predicted molar refractivity (Wildman–Crippen MR) is 151 cm³/mol. The quantitative estimate of drug-likeness (QED) is 0.375. The zero-order chi connectivity index (χ0) is 25.7. The van der Waals surface area contributed by atoms with E-state index < -0.39 is 0 Å². The highest BCUT2D eigenvalue weighted by Crippen LogP contribution is 2.32. The van der Waals surface area contributed by atoms with Crippen molar-refractivity contribution in [2.24, 2.45) is 0 Å². The average molecular weight is 517 g/mol. The SMILES string of the molecule is O=C(c1ccc(OC2CCCC2N2CCCCC2)cc1)c1ccc(OC2CCCC2N2CCCCC2)cc1. The molecule has 0 radical (unpaired) electrons. The maximum atomic E-state index is 13.2. The highest BCUT2D eigenvalue weighted by atomic mass is 16.5. The van der Waals surface area contributed by atoms with Gasteiger partial charge in [-0.15, -0.1) is 0 Å². The van der Waals surface area contributed by atoms with Crippen molar-refractivity contribution in [3.05, 3.63) is 59.7 Å². The maximum Gasteiger partial charge on any atom is 0.193 e. The first-order chi connectivity index (χ1) is 18.7. The van der Waals surface area contributed by atoms with Gasteiger partial charge >= 0.3 is 0 Å². The first-order valence-corrected chi connectivity index (χ1v) is 15.3. The molecule has 0 aromatic heterocycles. The fourth-order valence-corrected chi connectivity index (χ4v) is 7.31. The summed E-state index contributed by atoms with van der Waals surface area (Å²) in [6.45, 7) is 4.84. The lowest BCUT2D eigenvalue weighted by Crippen LogP contribution is -2.45. The number of ether oxygens (including phenoxy) is 2. The number of hydrogen-bond acceptors (Lipinski definition) is 5. The average Bonchev–Trinajstić information content (AvgIpc) is 3.64. The van der Waals surface area contributed by atoms with Gasteiger partial charge in [0.1, 0.15) is 23.7 Å². The molecule has 2 saturated heterocycles. The normalized spacial score (nSPS) is 28.8. The fraction of sp³-hybridized carbons (Fsp3) is 0.606. The van der Waals surface area contributed by atoms with E-state index in [2.05, 4.69) is 9.80 Å². The second kappa shape index (κ2) is 12.2. The zero-order valence-electron chi connectivity index (χ0n) is 22.9. The van der Waals surface area contributed by atoms with Gasteiger partial charge in [-0.3, -0.25) is 14.6 Å². The van der Waals surface area contributed by atoms with Gasteiger partial charge in [0.15, 0.2) is 5.78 Å². The molecule has 4 fully saturated rings. The van der Waals surface area contributed by atoms with Gasteiger partial charge in [0.2, 0.25) is 0 Å². The molecule has 204 valence electrons. The summed E-state index contributed by atoms with van der Waals surface area (Å²) in [4.78, 5) is 18.5. The molecule has 5 nitrogen and oxygen atoms in total. The van der Waals surface area contributed by atoms with E-state index >= 15 is 0 Å². The van der Waals surface area contributed by atoms with Crippen LogP contribution in [0.2, 0.25) is 0 Å². The molecule has 0 N–H and O–H groups in total. The third-order valence-corrected chi connectivity index (χ3v) is 9.36. The van der Waals surface area contributed by atoms with E-state index in [-0.39, 0.29) is 18.0 Å². The van der Waals surface area contributed by atoms with E-state index in [9.17, 15) is 4.79 Å². The van der Waals surface area contributed by atoms with Crippen LogP contribution < -0.4 is 9.47 Å². The summed E-state index contributed by atoms with van der Waals surface area (Å²) in [5.74, 6) is 1.79. The minimum absolute atomic E-state index is 0.0437. The van der Waals surface area contributed by atoms with Crippen molar-refractivity contribution in [1.29, 1.82) is 0 Å². The van der Waals surface area contributed by atoms with E-state index in [4.69, 9.17) is 9.47 Å². The number of carbonyl (C=O) groups is 1. The summed E-state index contributed by atoms with van der Waals surface area (Å²) in [5, 5.41) is 0. The summed E-state index contributed by atoms with van der Waals surface area (Å²) in [7, 11) is 0. The summed E-state index contributed by atoms with van der Waals surface area (Å²) >= 11 is 0. The summed E-state index contributed by atoms with van der Waals surface area (Å²) < 4.78 is 12.9. The number of ketones is 1. The van der Waals surface area contributed by atoms with Gasteiger partial charge in [-0.05, 0) is 139 Å². The number of rotatable bonds is 8. The maximum absolute atomic E-state index is 13.2. The predicted octanol–water partition coefficient (Wildman–Crippen LogP) is 6.49. The van der Waals surface area contributed by atoms with Gasteiger partial charge in [0, 0.05) is 23.2 Å². The van der Waals surface area contributed by atoms with Crippen molar-refractivity contribution in [3.63, 3.8) is 0 Å². The molecule has 2 aliphatic carbocycles. The Bertz CT molecular complexity index is 957. The van der Waals surface area contributed by atoms with E-state index in [0.29, 0.717) is 23.2 Å². The molecule has 2 saturated carbocycles. The van der Waals surface area contributed by atoms with Gasteiger partial charge in [-0.1, -0.05) is 12.8 Å². The van der Waals surface area contributed by atoms with Crippen molar-refractivity contribution in [3.8, 4) is 11.5 Å². The van der Waals surface area contributed by atoms with Gasteiger partial charge in [-0.2, -0.15) is 0 Å². The minimum Gasteiger partial charge on any atom is -0.489 e. The lowest BCUT2D eigenvalue weighted by atomic mass is 10.0. The van der Waals surface area contributed by atoms with E-state index in [0.717, 1.165) is 24.3 Å². The Kier molecular flexibility index (Phi) is 8.32. The molecule has 4 aliphatic rings. The number of carbonyl (C=O) groups excluding carboxylic acids is 1. The van der Waals surface area contributed by atoms with Crippen molar-refractivity contribution < 1.29 is 14.3 Å². The smallest absolute Gasteiger partial charge is 0.193 e. The molecule has 2 aliphatic heterocycles. The summed E-state index contributed by atoms with van der Waals surface area (Å²) in [5.41, 5.74) is 1.40. The largest absolute Gasteiger partial charge is 0.489 e. The summed E-state index contributed by atoms with van der Waals surface area (Å²) in [6, 6.07) is 16.6. The van der Waals surface area contributed by atoms with Crippen LogP contribution in [0.1, 0.15) is 93.0 Å². The Morgan fingerprint density at radius 1 is 0.526 bits per heavy atom. The molecule has 4 atom stereocenters. The third kappa shape index (κ3) is 5.94. The highest BCUT2D eigenvalue weighted by molar-refractivity contribution is 6.09. The second-order valence-corrected chi connectivity index (χ2v) is 11.9. The molecule has 2 aromatic rings. The van der Waals surface area contributed by atoms with Crippen LogP contribution in [-0.2, 0) is 0 Å². The van der Waals surface area contributed by atoms with Gasteiger partial charge in [-0.25, -0.2) is 0 Å². The number of piperidine rings is 2. The van der Waals surface area contributed by atoms with Crippen LogP contribution in [0.15, 0.2) is 48.5 Å². The number of hydrogen-bond donors (Lipinski definition) is 0. The van der Waals surface area contributed by atoms with Crippen LogP contribution in [0.3, 0.4) is 0 Å². The Labute approximate surface area is 228 Å². The molecule has 0 amide bonds. The molecule has 0 bridgehead atoms. The van der Waals surface area contributed by atoms with Gasteiger partial charge < -0.3 is 9.47 Å². The lowest BCUT2D eigenvalue weighted by molar-refractivity contribution is 0.0739. The van der Waals surface area contributed by atoms with Crippen LogP contribution in [-0.4, -0.2) is 66.1 Å². The van der Waals surface area contributed by atoms with Crippen molar-refractivity contribution >= 4 is 5.78 Å². The Morgan fingerprint density at radius 3 is 1.32 bits per heavy atom. The van der Waals surface area contributed by atoms with Crippen LogP contribution in [0.4, 0.5) is 0 Å². The van der Waals surface area contributed by atoms with Crippen LogP contribution >= 0.6 is 0 Å². The Morgan fingerprint density at radius 2 is 0.921 bits per heavy atom. The lowest BCUT2D eigenvalue weighted by Gasteiger charge is -2.35. The van der Waals surface area contributed by atoms with Crippen LogP contribution in [0.5, 0.6) is 11.5 Å². The number of nitrogens with zero attached hydrogens (tertiary/aromatic N) is 2. The van der Waals surface area contributed by atoms with Crippen LogP contribution in [0, 0.1) is 0 Å². The van der Waals surface area contributed by atoms with E-state index in [1.165, 1.54) is 90.4 Å². The first kappa shape index (κ1) is 25.9. The first-order valence-electron chi connectivity index (χ1n) is 15.3. The van der Waals surface area contributed by atoms with E-state index in [1.54, 1.807) is 0 Å². The number of benzene rings is 2. The fourth-order valence-electron chi connectivity index (χ4n) is 7.31. The minimum atomic E-state index is 0.0437. The highest BCUT2D eigenvalue weighted by Gasteiger charge is 2.35. The molecule has 4 unspecified atom stereocenters. The molecular formula is C33H44N2O3. The van der Waals surface area contributed by atoms with Crippen LogP contribution in [0.25, 0.3) is 0 Å². The zero-order valence-corrected chi connectivity index (χ0v) is 22.9. The standard InChI is InChI=1S/C33H44N2O3/c36-33(25-13-17-27(18-14-25)37-31-11-7-9-29(31)34-21-3-1-4-22-34)26-15-19-28(20-16-26)38-32-12-8-10-30(32)35-23-5-2-6-24-35/h13-20,29-32H,1-12,21-24H2. The number of likely N-dealkylation sites (tertiary alicyclic amines) is 2. The molecule has 38 heavy (non-hydrogen) atoms. The van der Waals surface area contributed by atoms with E-state index in [1.807, 2.05) is 48.5 Å². The third-order valence-electron chi connectivity index (χ3n) is 9.36. The molecule has 0 spiro atoms. The molecule has 5 heteroatoms. The topological polar surface area (TPSA) is 42.0 Å². The van der Waals surface area contributed by atoms with Gasteiger partial charge in [0.05, 0.1) is 0 Å². The Hall–Kier alpha value is -2.37. The second-order valence-electron chi connectivity index (χ2n) is 11.9.